The average Bonchev–Trinajstić information content (AvgIpc) is 2.22. The molecule has 4 heteroatoms. The van der Waals surface area contributed by atoms with Gasteiger partial charge in [-0.2, -0.15) is 0 Å². The van der Waals surface area contributed by atoms with Crippen LogP contribution in [0.1, 0.15) is 13.8 Å². The van der Waals surface area contributed by atoms with E-state index in [9.17, 15) is 0 Å². The summed E-state index contributed by atoms with van der Waals surface area (Å²) in [5.74, 6) is 0. The van der Waals surface area contributed by atoms with Crippen LogP contribution in [0.25, 0.3) is 0 Å². The summed E-state index contributed by atoms with van der Waals surface area (Å²) < 4.78 is 4.44. The highest BCUT2D eigenvalue weighted by molar-refractivity contribution is 4.51. The van der Waals surface area contributed by atoms with Crippen LogP contribution in [0, 0.1) is 0 Å². The molecule has 0 unspecified atom stereocenters. The predicted molar refractivity (Wildman–Crippen MR) is 64.9 cm³/mol. The van der Waals surface area contributed by atoms with Gasteiger partial charge < -0.3 is 20.1 Å². The van der Waals surface area contributed by atoms with Crippen molar-refractivity contribution in [3.05, 3.63) is 25.3 Å². The molecule has 0 saturated heterocycles. The van der Waals surface area contributed by atoms with Crippen molar-refractivity contribution in [2.24, 2.45) is 0 Å². The molecule has 0 aliphatic heterocycles. The van der Waals surface area contributed by atoms with E-state index in [4.69, 9.17) is 15.3 Å². The molecule has 0 spiro atoms. The van der Waals surface area contributed by atoms with E-state index < -0.39 is 0 Å². The van der Waals surface area contributed by atoms with Crippen LogP contribution in [0.5, 0.6) is 0 Å². The maximum absolute atomic E-state index is 7.94. The van der Waals surface area contributed by atoms with Gasteiger partial charge in [0.2, 0.25) is 0 Å². The summed E-state index contributed by atoms with van der Waals surface area (Å²) >= 11 is 0. The maximum Gasteiger partial charge on any atom is 0.0693 e. The van der Waals surface area contributed by atoms with Gasteiger partial charge in [-0.3, -0.25) is 0 Å². The van der Waals surface area contributed by atoms with Gasteiger partial charge in [0.15, 0.2) is 0 Å². The molecule has 0 saturated carbocycles. The Kier molecular flexibility index (Phi) is 80.5. The van der Waals surface area contributed by atoms with Gasteiger partial charge in [-0.25, -0.2) is 0 Å². The second kappa shape index (κ2) is 50.6. The minimum Gasteiger partial charge on any atom is -0.394 e. The fourth-order valence-electron chi connectivity index (χ4n) is 0.0913. The van der Waals surface area contributed by atoms with Crippen LogP contribution in [0.15, 0.2) is 25.3 Å². The van der Waals surface area contributed by atoms with Gasteiger partial charge >= 0.3 is 0 Å². The standard InChI is InChI=1S/C3H8O2.2C3H6.C2H6O2/c1-5-3-2-4;2*1-3-2;3-1-2-4/h4H,2-3H2,1H3;2*3H,1H2,2H3;3-4H,1-2H2. The van der Waals surface area contributed by atoms with E-state index in [1.54, 1.807) is 19.3 Å². The first-order valence-electron chi connectivity index (χ1n) is 4.62. The van der Waals surface area contributed by atoms with Crippen molar-refractivity contribution in [2.75, 3.05) is 33.5 Å². The molecule has 15 heavy (non-hydrogen) atoms. The summed E-state index contributed by atoms with van der Waals surface area (Å²) in [6, 6.07) is 0. The highest BCUT2D eigenvalue weighted by Crippen LogP contribution is 1.56. The van der Waals surface area contributed by atoms with Crippen LogP contribution in [0.3, 0.4) is 0 Å². The zero-order chi connectivity index (χ0) is 12.9. The summed E-state index contributed by atoms with van der Waals surface area (Å²) in [6.07, 6.45) is 3.50. The lowest BCUT2D eigenvalue weighted by Crippen LogP contribution is -1.91. The highest BCUT2D eigenvalue weighted by atomic mass is 16.5. The molecule has 0 fully saturated rings. The molecule has 0 bridgehead atoms. The largest absolute Gasteiger partial charge is 0.394 e. The van der Waals surface area contributed by atoms with E-state index in [1.807, 2.05) is 13.8 Å². The van der Waals surface area contributed by atoms with Crippen LogP contribution in [-0.4, -0.2) is 48.9 Å². The molecule has 94 valence electrons. The smallest absolute Gasteiger partial charge is 0.0693 e. The van der Waals surface area contributed by atoms with E-state index in [0.717, 1.165) is 0 Å². The fourth-order valence-corrected chi connectivity index (χ4v) is 0.0913. The van der Waals surface area contributed by atoms with Crippen molar-refractivity contribution < 1.29 is 20.1 Å². The Morgan fingerprint density at radius 3 is 1.20 bits per heavy atom. The van der Waals surface area contributed by atoms with Crippen LogP contribution in [-0.2, 0) is 4.74 Å². The maximum atomic E-state index is 7.94. The molecule has 3 N–H and O–H groups in total. The lowest BCUT2D eigenvalue weighted by Gasteiger charge is -1.84. The van der Waals surface area contributed by atoms with Gasteiger partial charge in [0.1, 0.15) is 0 Å². The monoisotopic (exact) mass is 222 g/mol. The second-order valence-electron chi connectivity index (χ2n) is 1.98. The third-order valence-electron chi connectivity index (χ3n) is 0.395. The minimum absolute atomic E-state index is 0.122. The molecule has 0 atom stereocenters. The molecular weight excluding hydrogens is 196 g/mol. The Balaban J connectivity index is -0.0000000553. The number of aliphatic hydroxyl groups is 3. The molecule has 0 amide bonds. The molecule has 0 aromatic rings. The van der Waals surface area contributed by atoms with Gasteiger partial charge in [-0.1, -0.05) is 12.2 Å². The quantitative estimate of drug-likeness (QED) is 0.623. The number of hydrogen-bond donors (Lipinski definition) is 3. The first-order chi connectivity index (χ1) is 7.16. The van der Waals surface area contributed by atoms with Crippen LogP contribution >= 0.6 is 0 Å². The van der Waals surface area contributed by atoms with Crippen molar-refractivity contribution >= 4 is 0 Å². The SMILES string of the molecule is C=CC.C=CC.COCCO.OCCO. The first kappa shape index (κ1) is 23.9. The van der Waals surface area contributed by atoms with Crippen LogP contribution < -0.4 is 0 Å². The number of allylic oxidation sites excluding steroid dienone is 2. The predicted octanol–water partition coefficient (Wildman–Crippen LogP) is 0.981. The Morgan fingerprint density at radius 2 is 1.20 bits per heavy atom. The van der Waals surface area contributed by atoms with E-state index >= 15 is 0 Å². The lowest BCUT2D eigenvalue weighted by atomic mass is 10.8. The zero-order valence-electron chi connectivity index (χ0n) is 10.1. The van der Waals surface area contributed by atoms with Crippen LogP contribution in [0.4, 0.5) is 0 Å². The Bertz CT molecular complexity index is 74.7. The van der Waals surface area contributed by atoms with Crippen LogP contribution in [0.2, 0.25) is 0 Å². The molecule has 0 rings (SSSR count). The normalized spacial score (nSPS) is 6.53. The molecule has 0 heterocycles. The van der Waals surface area contributed by atoms with Crippen molar-refractivity contribution in [3.8, 4) is 0 Å². The summed E-state index contributed by atoms with van der Waals surface area (Å²) in [5.41, 5.74) is 0. The van der Waals surface area contributed by atoms with E-state index in [-0.39, 0.29) is 19.8 Å². The van der Waals surface area contributed by atoms with Crippen molar-refractivity contribution in [2.45, 2.75) is 13.8 Å². The van der Waals surface area contributed by atoms with Crippen molar-refractivity contribution in [3.63, 3.8) is 0 Å². The Morgan fingerprint density at radius 1 is 0.933 bits per heavy atom. The number of rotatable bonds is 3. The summed E-state index contributed by atoms with van der Waals surface area (Å²) in [7, 11) is 1.55. The third kappa shape index (κ3) is 317. The molecular formula is C11H26O4. The Labute approximate surface area is 93.5 Å². The van der Waals surface area contributed by atoms with E-state index in [0.29, 0.717) is 6.61 Å². The Hall–Kier alpha value is -0.680. The first-order valence-corrected chi connectivity index (χ1v) is 4.62. The molecule has 0 aromatic heterocycles. The summed E-state index contributed by atoms with van der Waals surface area (Å²) in [5, 5.41) is 23.2. The van der Waals surface area contributed by atoms with Crippen molar-refractivity contribution in [1.29, 1.82) is 0 Å². The number of hydrogen-bond acceptors (Lipinski definition) is 4. The van der Waals surface area contributed by atoms with Gasteiger partial charge in [-0.15, -0.1) is 13.2 Å². The minimum atomic E-state index is -0.125. The van der Waals surface area contributed by atoms with Gasteiger partial charge in [0.05, 0.1) is 26.4 Å². The number of ether oxygens (including phenoxy) is 1. The zero-order valence-corrected chi connectivity index (χ0v) is 10.1. The molecule has 0 aliphatic rings. The molecule has 0 aliphatic carbocycles. The average molecular weight is 222 g/mol. The topological polar surface area (TPSA) is 69.9 Å². The highest BCUT2D eigenvalue weighted by Gasteiger charge is 1.67. The van der Waals surface area contributed by atoms with Gasteiger partial charge in [0.25, 0.3) is 0 Å². The number of aliphatic hydroxyl groups excluding tert-OH is 3. The van der Waals surface area contributed by atoms with Gasteiger partial charge in [-0.05, 0) is 13.8 Å². The van der Waals surface area contributed by atoms with E-state index in [2.05, 4.69) is 17.9 Å². The summed E-state index contributed by atoms with van der Waals surface area (Å²) in [4.78, 5) is 0. The van der Waals surface area contributed by atoms with Crippen molar-refractivity contribution in [1.82, 2.24) is 0 Å². The third-order valence-corrected chi connectivity index (χ3v) is 0.395. The fraction of sp³-hybridized carbons (Fsp3) is 0.636. The second-order valence-corrected chi connectivity index (χ2v) is 1.98. The molecule has 0 aromatic carbocycles. The van der Waals surface area contributed by atoms with E-state index in [1.165, 1.54) is 0 Å². The van der Waals surface area contributed by atoms with Gasteiger partial charge in [0, 0.05) is 7.11 Å². The molecule has 4 nitrogen and oxygen atoms in total. The molecule has 0 radical (unpaired) electrons. The number of methoxy groups -OCH3 is 1. The summed E-state index contributed by atoms with van der Waals surface area (Å²) in [6.45, 7) is 10.8. The lowest BCUT2D eigenvalue weighted by molar-refractivity contribution is 0.135.